The summed E-state index contributed by atoms with van der Waals surface area (Å²) in [6.45, 7) is 1.56. The Labute approximate surface area is 109 Å². The van der Waals surface area contributed by atoms with Crippen molar-refractivity contribution in [2.75, 3.05) is 6.54 Å². The Morgan fingerprint density at radius 3 is 2.79 bits per heavy atom. The van der Waals surface area contributed by atoms with Gasteiger partial charge >= 0.3 is 5.97 Å². The first kappa shape index (κ1) is 13.9. The fourth-order valence-corrected chi connectivity index (χ4v) is 3.91. The molecular formula is C11H13FN2O4S. The molecule has 1 saturated heterocycles. The number of rotatable bonds is 3. The molecule has 0 aliphatic carbocycles. The Balaban J connectivity index is 2.37. The predicted molar refractivity (Wildman–Crippen MR) is 63.3 cm³/mol. The highest BCUT2D eigenvalue weighted by Crippen LogP contribution is 2.30. The summed E-state index contributed by atoms with van der Waals surface area (Å²) < 4.78 is 39.1. The van der Waals surface area contributed by atoms with E-state index in [4.69, 9.17) is 5.11 Å². The first-order valence-electron chi connectivity index (χ1n) is 5.71. The van der Waals surface area contributed by atoms with E-state index >= 15 is 0 Å². The van der Waals surface area contributed by atoms with Crippen molar-refractivity contribution in [3.05, 3.63) is 24.1 Å². The lowest BCUT2D eigenvalue weighted by Gasteiger charge is -2.22. The van der Waals surface area contributed by atoms with Gasteiger partial charge in [-0.15, -0.1) is 0 Å². The van der Waals surface area contributed by atoms with Gasteiger partial charge in [-0.05, 0) is 25.5 Å². The van der Waals surface area contributed by atoms with Crippen molar-refractivity contribution >= 4 is 16.0 Å². The molecule has 2 rings (SSSR count). The highest BCUT2D eigenvalue weighted by atomic mass is 32.2. The summed E-state index contributed by atoms with van der Waals surface area (Å²) in [7, 11) is -4.10. The number of sulfonamides is 1. The number of halogens is 1. The minimum absolute atomic E-state index is 0.0521. The van der Waals surface area contributed by atoms with Crippen molar-refractivity contribution in [2.45, 2.75) is 24.4 Å². The highest BCUT2D eigenvalue weighted by Gasteiger charge is 2.43. The number of aliphatic carboxylic acids is 1. The van der Waals surface area contributed by atoms with Crippen molar-refractivity contribution in [3.8, 4) is 0 Å². The van der Waals surface area contributed by atoms with Crippen LogP contribution in [0.15, 0.2) is 23.4 Å². The van der Waals surface area contributed by atoms with Crippen molar-refractivity contribution in [3.63, 3.8) is 0 Å². The fraction of sp³-hybridized carbons (Fsp3) is 0.455. The van der Waals surface area contributed by atoms with Gasteiger partial charge in [-0.3, -0.25) is 4.79 Å². The molecule has 0 aromatic carbocycles. The van der Waals surface area contributed by atoms with Crippen molar-refractivity contribution in [2.24, 2.45) is 5.92 Å². The van der Waals surface area contributed by atoms with E-state index in [1.165, 1.54) is 19.2 Å². The van der Waals surface area contributed by atoms with Crippen LogP contribution in [0, 0.1) is 11.7 Å². The quantitative estimate of drug-likeness (QED) is 0.884. The number of carbonyl (C=O) groups is 1. The molecule has 19 heavy (non-hydrogen) atoms. The third-order valence-corrected chi connectivity index (χ3v) is 5.21. The molecule has 0 spiro atoms. The maximum absolute atomic E-state index is 13.5. The lowest BCUT2D eigenvalue weighted by Crippen LogP contribution is -2.38. The molecule has 6 nitrogen and oxygen atoms in total. The van der Waals surface area contributed by atoms with Crippen LogP contribution in [0.25, 0.3) is 0 Å². The van der Waals surface area contributed by atoms with Crippen LogP contribution in [-0.2, 0) is 14.8 Å². The molecule has 1 N–H and O–H groups in total. The summed E-state index contributed by atoms with van der Waals surface area (Å²) >= 11 is 0. The molecule has 0 bridgehead atoms. The monoisotopic (exact) mass is 288 g/mol. The SMILES string of the molecule is CC1C(C(=O)O)CCN1S(=O)(=O)c1ncccc1F. The van der Waals surface area contributed by atoms with E-state index in [0.29, 0.717) is 0 Å². The second kappa shape index (κ2) is 4.86. The summed E-state index contributed by atoms with van der Waals surface area (Å²) in [4.78, 5) is 14.5. The molecule has 1 fully saturated rings. The standard InChI is InChI=1S/C11H13FN2O4S/c1-7-8(11(15)16)4-6-14(7)19(17,18)10-9(12)3-2-5-13-10/h2-3,5,7-8H,4,6H2,1H3,(H,15,16). The Morgan fingerprint density at radius 1 is 1.58 bits per heavy atom. The molecule has 1 aromatic rings. The van der Waals surface area contributed by atoms with Gasteiger partial charge in [-0.25, -0.2) is 17.8 Å². The zero-order valence-corrected chi connectivity index (χ0v) is 11.0. The zero-order valence-electron chi connectivity index (χ0n) is 10.2. The molecular weight excluding hydrogens is 275 g/mol. The van der Waals surface area contributed by atoms with E-state index < -0.39 is 38.8 Å². The summed E-state index contributed by atoms with van der Waals surface area (Å²) in [6.07, 6.45) is 1.40. The van der Waals surface area contributed by atoms with Gasteiger partial charge in [-0.2, -0.15) is 4.31 Å². The Hall–Kier alpha value is -1.54. The van der Waals surface area contributed by atoms with Crippen LogP contribution in [0.3, 0.4) is 0 Å². The molecule has 0 radical (unpaired) electrons. The molecule has 2 unspecified atom stereocenters. The van der Waals surface area contributed by atoms with Crippen LogP contribution in [0.1, 0.15) is 13.3 Å². The lowest BCUT2D eigenvalue weighted by molar-refractivity contribution is -0.142. The maximum Gasteiger partial charge on any atom is 0.308 e. The van der Waals surface area contributed by atoms with Crippen LogP contribution in [0.4, 0.5) is 4.39 Å². The van der Waals surface area contributed by atoms with E-state index in [0.717, 1.165) is 10.4 Å². The number of hydrogen-bond acceptors (Lipinski definition) is 4. The van der Waals surface area contributed by atoms with Gasteiger partial charge in [0, 0.05) is 18.8 Å². The van der Waals surface area contributed by atoms with Gasteiger partial charge in [0.15, 0.2) is 5.82 Å². The minimum Gasteiger partial charge on any atom is -0.481 e. The van der Waals surface area contributed by atoms with Crippen LogP contribution >= 0.6 is 0 Å². The van der Waals surface area contributed by atoms with Crippen molar-refractivity contribution in [1.82, 2.24) is 9.29 Å². The summed E-state index contributed by atoms with van der Waals surface area (Å²) in [5.41, 5.74) is 0. The lowest BCUT2D eigenvalue weighted by atomic mass is 10.0. The number of carboxylic acid groups (broad SMARTS) is 1. The third-order valence-electron chi connectivity index (χ3n) is 3.29. The normalized spacial score (nSPS) is 24.5. The number of aromatic nitrogens is 1. The van der Waals surface area contributed by atoms with Crippen LogP contribution in [0.5, 0.6) is 0 Å². The zero-order chi connectivity index (χ0) is 14.2. The largest absolute Gasteiger partial charge is 0.481 e. The van der Waals surface area contributed by atoms with E-state index in [1.807, 2.05) is 0 Å². The summed E-state index contributed by atoms with van der Waals surface area (Å²) in [5, 5.41) is 8.32. The molecule has 1 aliphatic heterocycles. The summed E-state index contributed by atoms with van der Waals surface area (Å²) in [5.74, 6) is -2.76. The van der Waals surface area contributed by atoms with Gasteiger partial charge in [0.1, 0.15) is 0 Å². The molecule has 1 aromatic heterocycles. The van der Waals surface area contributed by atoms with Gasteiger partial charge < -0.3 is 5.11 Å². The molecule has 2 heterocycles. The molecule has 0 saturated carbocycles. The van der Waals surface area contributed by atoms with E-state index in [1.54, 1.807) is 0 Å². The average molecular weight is 288 g/mol. The number of pyridine rings is 1. The molecule has 1 aliphatic rings. The Morgan fingerprint density at radius 2 is 2.26 bits per heavy atom. The van der Waals surface area contributed by atoms with E-state index in [-0.39, 0.29) is 13.0 Å². The predicted octanol–water partition coefficient (Wildman–Crippen LogP) is 0.704. The smallest absolute Gasteiger partial charge is 0.308 e. The topological polar surface area (TPSA) is 87.6 Å². The highest BCUT2D eigenvalue weighted by molar-refractivity contribution is 7.89. The molecule has 8 heteroatoms. The van der Waals surface area contributed by atoms with E-state index in [2.05, 4.69) is 4.98 Å². The minimum atomic E-state index is -4.10. The van der Waals surface area contributed by atoms with Crippen molar-refractivity contribution < 1.29 is 22.7 Å². The number of hydrogen-bond donors (Lipinski definition) is 1. The number of nitrogens with zero attached hydrogens (tertiary/aromatic N) is 2. The fourth-order valence-electron chi connectivity index (χ4n) is 2.25. The van der Waals surface area contributed by atoms with Gasteiger partial charge in [0.25, 0.3) is 10.0 Å². The second-order valence-corrected chi connectivity index (χ2v) is 6.19. The Kier molecular flexibility index (Phi) is 3.55. The first-order chi connectivity index (χ1) is 8.85. The Bertz CT molecular complexity index is 604. The van der Waals surface area contributed by atoms with Gasteiger partial charge in [0.2, 0.25) is 5.03 Å². The van der Waals surface area contributed by atoms with E-state index in [9.17, 15) is 17.6 Å². The first-order valence-corrected chi connectivity index (χ1v) is 7.15. The second-order valence-electron chi connectivity index (χ2n) is 4.38. The van der Waals surface area contributed by atoms with Crippen molar-refractivity contribution in [1.29, 1.82) is 0 Å². The summed E-state index contributed by atoms with van der Waals surface area (Å²) in [6, 6.07) is 1.58. The van der Waals surface area contributed by atoms with Gasteiger partial charge in [-0.1, -0.05) is 0 Å². The van der Waals surface area contributed by atoms with Gasteiger partial charge in [0.05, 0.1) is 5.92 Å². The third kappa shape index (κ3) is 2.33. The van der Waals surface area contributed by atoms with Crippen LogP contribution in [-0.4, -0.2) is 41.4 Å². The van der Waals surface area contributed by atoms with Crippen LogP contribution < -0.4 is 0 Å². The van der Waals surface area contributed by atoms with Crippen LogP contribution in [0.2, 0.25) is 0 Å². The maximum atomic E-state index is 13.5. The molecule has 104 valence electrons. The number of carboxylic acids is 1. The molecule has 0 amide bonds. The average Bonchev–Trinajstić information content (AvgIpc) is 2.72. The molecule has 2 atom stereocenters.